The van der Waals surface area contributed by atoms with Gasteiger partial charge in [0, 0.05) is 18.1 Å². The van der Waals surface area contributed by atoms with Crippen LogP contribution in [0.15, 0.2) is 34.9 Å². The molecule has 0 fully saturated rings. The monoisotopic (exact) mass is 187 g/mol. The summed E-state index contributed by atoms with van der Waals surface area (Å²) in [7, 11) is 0. The Morgan fingerprint density at radius 1 is 1.29 bits per heavy atom. The van der Waals surface area contributed by atoms with Crippen LogP contribution in [0.2, 0.25) is 0 Å². The summed E-state index contributed by atoms with van der Waals surface area (Å²) in [4.78, 5) is 0. The van der Waals surface area contributed by atoms with Crippen molar-refractivity contribution in [3.05, 3.63) is 41.7 Å². The van der Waals surface area contributed by atoms with Gasteiger partial charge < -0.3 is 4.52 Å². The number of hydrogen-bond acceptors (Lipinski definition) is 2. The molecule has 0 amide bonds. The Balaban J connectivity index is 2.44. The molecule has 0 aliphatic carbocycles. The van der Waals surface area contributed by atoms with Gasteiger partial charge in [0.2, 0.25) is 0 Å². The Hall–Kier alpha value is -1.57. The topological polar surface area (TPSA) is 26.0 Å². The van der Waals surface area contributed by atoms with Crippen molar-refractivity contribution in [2.45, 2.75) is 20.3 Å². The third kappa shape index (κ3) is 1.55. The number of nitrogens with zero attached hydrogens (tertiary/aromatic N) is 1. The minimum atomic E-state index is 0.888. The van der Waals surface area contributed by atoms with Crippen LogP contribution in [0.1, 0.15) is 18.2 Å². The highest BCUT2D eigenvalue weighted by Gasteiger charge is 2.06. The van der Waals surface area contributed by atoms with Crippen molar-refractivity contribution >= 4 is 0 Å². The second-order valence-electron chi connectivity index (χ2n) is 3.35. The van der Waals surface area contributed by atoms with Crippen LogP contribution in [0.5, 0.6) is 0 Å². The molecule has 1 aromatic carbocycles. The molecule has 72 valence electrons. The van der Waals surface area contributed by atoms with Crippen LogP contribution in [0, 0.1) is 6.92 Å². The Morgan fingerprint density at radius 2 is 2.07 bits per heavy atom. The lowest BCUT2D eigenvalue weighted by Gasteiger charge is -1.98. The van der Waals surface area contributed by atoms with E-state index in [2.05, 4.69) is 31.1 Å². The van der Waals surface area contributed by atoms with Crippen LogP contribution in [0.4, 0.5) is 0 Å². The summed E-state index contributed by atoms with van der Waals surface area (Å²) in [6.07, 6.45) is 0.888. The second kappa shape index (κ2) is 3.66. The molecule has 0 spiro atoms. The van der Waals surface area contributed by atoms with Crippen LogP contribution >= 0.6 is 0 Å². The molecule has 2 heteroatoms. The van der Waals surface area contributed by atoms with Gasteiger partial charge in [0.25, 0.3) is 0 Å². The number of benzene rings is 1. The molecule has 2 rings (SSSR count). The number of rotatable bonds is 2. The highest BCUT2D eigenvalue weighted by Crippen LogP contribution is 2.22. The fourth-order valence-corrected chi connectivity index (χ4v) is 1.47. The maximum absolute atomic E-state index is 5.17. The number of hydrogen-bond donors (Lipinski definition) is 0. The molecule has 2 nitrogen and oxygen atoms in total. The third-order valence-corrected chi connectivity index (χ3v) is 2.33. The summed E-state index contributed by atoms with van der Waals surface area (Å²) in [5.74, 6) is 0.934. The van der Waals surface area contributed by atoms with Crippen molar-refractivity contribution in [3.63, 3.8) is 0 Å². The van der Waals surface area contributed by atoms with Gasteiger partial charge in [0.15, 0.2) is 0 Å². The van der Waals surface area contributed by atoms with E-state index in [1.807, 2.05) is 18.2 Å². The lowest BCUT2D eigenvalue weighted by atomic mass is 10.1. The van der Waals surface area contributed by atoms with Gasteiger partial charge in [-0.15, -0.1) is 0 Å². The molecule has 0 saturated carbocycles. The molecule has 0 bridgehead atoms. The van der Waals surface area contributed by atoms with E-state index in [0.29, 0.717) is 0 Å². The van der Waals surface area contributed by atoms with E-state index < -0.39 is 0 Å². The zero-order chi connectivity index (χ0) is 9.97. The Labute approximate surface area is 83.5 Å². The van der Waals surface area contributed by atoms with Gasteiger partial charge in [-0.05, 0) is 12.5 Å². The first-order chi connectivity index (χ1) is 6.81. The molecule has 0 aliphatic rings. The standard InChI is InChI=1S/C12H13NO/c1-3-10-8-12(13-14-10)11-7-5-4-6-9(11)2/h4-8H,3H2,1-2H3. The lowest BCUT2D eigenvalue weighted by molar-refractivity contribution is 0.389. The van der Waals surface area contributed by atoms with Crippen LogP contribution in [-0.4, -0.2) is 5.16 Å². The first-order valence-electron chi connectivity index (χ1n) is 4.83. The summed E-state index contributed by atoms with van der Waals surface area (Å²) in [6, 6.07) is 10.2. The summed E-state index contributed by atoms with van der Waals surface area (Å²) in [6.45, 7) is 4.14. The Morgan fingerprint density at radius 3 is 2.71 bits per heavy atom. The van der Waals surface area contributed by atoms with Gasteiger partial charge >= 0.3 is 0 Å². The molecule has 0 radical (unpaired) electrons. The van der Waals surface area contributed by atoms with Crippen molar-refractivity contribution in [1.29, 1.82) is 0 Å². The third-order valence-electron chi connectivity index (χ3n) is 2.33. The van der Waals surface area contributed by atoms with E-state index in [4.69, 9.17) is 4.52 Å². The van der Waals surface area contributed by atoms with Gasteiger partial charge in [-0.3, -0.25) is 0 Å². The second-order valence-corrected chi connectivity index (χ2v) is 3.35. The van der Waals surface area contributed by atoms with E-state index >= 15 is 0 Å². The molecular formula is C12H13NO. The van der Waals surface area contributed by atoms with Crippen LogP contribution in [-0.2, 0) is 6.42 Å². The predicted octanol–water partition coefficient (Wildman–Crippen LogP) is 3.21. The number of aromatic nitrogens is 1. The average molecular weight is 187 g/mol. The zero-order valence-electron chi connectivity index (χ0n) is 8.45. The minimum Gasteiger partial charge on any atom is -0.361 e. The van der Waals surface area contributed by atoms with Crippen molar-refractivity contribution in [3.8, 4) is 11.3 Å². The number of aryl methyl sites for hydroxylation is 2. The Bertz CT molecular complexity index is 431. The fraction of sp³-hybridized carbons (Fsp3) is 0.250. The van der Waals surface area contributed by atoms with Crippen LogP contribution in [0.25, 0.3) is 11.3 Å². The van der Waals surface area contributed by atoms with E-state index in [1.165, 1.54) is 5.56 Å². The van der Waals surface area contributed by atoms with E-state index in [1.54, 1.807) is 0 Å². The van der Waals surface area contributed by atoms with Gasteiger partial charge in [-0.25, -0.2) is 0 Å². The predicted molar refractivity (Wildman–Crippen MR) is 56.1 cm³/mol. The molecule has 0 aliphatic heterocycles. The van der Waals surface area contributed by atoms with E-state index in [9.17, 15) is 0 Å². The molecule has 1 heterocycles. The smallest absolute Gasteiger partial charge is 0.137 e. The van der Waals surface area contributed by atoms with Gasteiger partial charge in [0.1, 0.15) is 11.5 Å². The fourth-order valence-electron chi connectivity index (χ4n) is 1.47. The molecule has 1 aromatic heterocycles. The van der Waals surface area contributed by atoms with Gasteiger partial charge in [-0.1, -0.05) is 36.3 Å². The van der Waals surface area contributed by atoms with Gasteiger partial charge in [-0.2, -0.15) is 0 Å². The van der Waals surface area contributed by atoms with E-state index in [-0.39, 0.29) is 0 Å². The average Bonchev–Trinajstić information content (AvgIpc) is 2.67. The van der Waals surface area contributed by atoms with Crippen LogP contribution < -0.4 is 0 Å². The first kappa shape index (κ1) is 9.00. The molecule has 0 unspecified atom stereocenters. The molecule has 14 heavy (non-hydrogen) atoms. The summed E-state index contributed by atoms with van der Waals surface area (Å²) in [5.41, 5.74) is 3.30. The molecule has 0 N–H and O–H groups in total. The molecular weight excluding hydrogens is 174 g/mol. The maximum atomic E-state index is 5.17. The summed E-state index contributed by atoms with van der Waals surface area (Å²) < 4.78 is 5.17. The van der Waals surface area contributed by atoms with Crippen molar-refractivity contribution in [2.75, 3.05) is 0 Å². The minimum absolute atomic E-state index is 0.888. The molecule has 0 saturated heterocycles. The SMILES string of the molecule is CCc1cc(-c2ccccc2C)no1. The highest BCUT2D eigenvalue weighted by atomic mass is 16.5. The lowest BCUT2D eigenvalue weighted by Crippen LogP contribution is -1.81. The largest absolute Gasteiger partial charge is 0.361 e. The van der Waals surface area contributed by atoms with Crippen molar-refractivity contribution in [2.24, 2.45) is 0 Å². The van der Waals surface area contributed by atoms with Crippen molar-refractivity contribution < 1.29 is 4.52 Å². The van der Waals surface area contributed by atoms with Crippen LogP contribution in [0.3, 0.4) is 0 Å². The first-order valence-corrected chi connectivity index (χ1v) is 4.83. The molecule has 2 aromatic rings. The quantitative estimate of drug-likeness (QED) is 0.721. The summed E-state index contributed by atoms with van der Waals surface area (Å²) >= 11 is 0. The maximum Gasteiger partial charge on any atom is 0.137 e. The normalized spacial score (nSPS) is 10.4. The zero-order valence-corrected chi connectivity index (χ0v) is 8.45. The van der Waals surface area contributed by atoms with Gasteiger partial charge in [0.05, 0.1) is 0 Å². The summed E-state index contributed by atoms with van der Waals surface area (Å²) in [5, 5.41) is 4.04. The highest BCUT2D eigenvalue weighted by molar-refractivity contribution is 5.62. The molecule has 0 atom stereocenters. The van der Waals surface area contributed by atoms with Crippen molar-refractivity contribution in [1.82, 2.24) is 5.16 Å². The van der Waals surface area contributed by atoms with E-state index in [0.717, 1.165) is 23.4 Å². The Kier molecular flexibility index (Phi) is 2.35.